The van der Waals surface area contributed by atoms with Crippen LogP contribution in [0.2, 0.25) is 0 Å². The second-order valence-corrected chi connectivity index (χ2v) is 7.68. The number of nitrogens with zero attached hydrogens (tertiary/aromatic N) is 2. The van der Waals surface area contributed by atoms with E-state index in [0.29, 0.717) is 13.1 Å². The molecule has 9 heteroatoms. The Bertz CT molecular complexity index is 678. The summed E-state index contributed by atoms with van der Waals surface area (Å²) in [6.45, 7) is 8.35. The maximum absolute atomic E-state index is 11.7. The molecule has 0 spiro atoms. The first-order valence-electron chi connectivity index (χ1n) is 9.64. The van der Waals surface area contributed by atoms with Crippen LogP contribution in [-0.4, -0.2) is 64.0 Å². The fourth-order valence-electron chi connectivity index (χ4n) is 3.04. The van der Waals surface area contributed by atoms with E-state index in [-0.39, 0.29) is 30.0 Å². The summed E-state index contributed by atoms with van der Waals surface area (Å²) < 4.78 is 10.7. The van der Waals surface area contributed by atoms with Gasteiger partial charge in [0.1, 0.15) is 11.4 Å². The van der Waals surface area contributed by atoms with Gasteiger partial charge in [0.15, 0.2) is 5.96 Å². The van der Waals surface area contributed by atoms with E-state index in [1.165, 1.54) is 0 Å². The van der Waals surface area contributed by atoms with E-state index in [4.69, 9.17) is 9.47 Å². The molecule has 2 rings (SSSR count). The summed E-state index contributed by atoms with van der Waals surface area (Å²) in [6.07, 6.45) is 0.593. The summed E-state index contributed by atoms with van der Waals surface area (Å²) in [5.74, 6) is 1.61. The van der Waals surface area contributed by atoms with E-state index >= 15 is 0 Å². The first-order chi connectivity index (χ1) is 13.3. The standard InChI is InChI=1S/C20H33N5O3.HI/c1-20(2,3)28-19(26)23-12-11-22-18(21-4)24-15-10-13-25(14-15)16-8-6-7-9-17(16)27-5;/h6-9,15H,10-14H2,1-5H3,(H,23,26)(H2,21,22,24);1H. The van der Waals surface area contributed by atoms with Gasteiger partial charge in [0.2, 0.25) is 0 Å². The number of hydrogen-bond acceptors (Lipinski definition) is 5. The van der Waals surface area contributed by atoms with Crippen LogP contribution in [0.4, 0.5) is 10.5 Å². The monoisotopic (exact) mass is 519 g/mol. The fourth-order valence-corrected chi connectivity index (χ4v) is 3.04. The summed E-state index contributed by atoms with van der Waals surface area (Å²) in [5.41, 5.74) is 0.615. The minimum atomic E-state index is -0.495. The Morgan fingerprint density at radius 1 is 1.24 bits per heavy atom. The van der Waals surface area contributed by atoms with Gasteiger partial charge in [-0.3, -0.25) is 4.99 Å². The van der Waals surface area contributed by atoms with Crippen molar-refractivity contribution in [2.75, 3.05) is 45.2 Å². The number of benzene rings is 1. The lowest BCUT2D eigenvalue weighted by Crippen LogP contribution is -2.46. The lowest BCUT2D eigenvalue weighted by molar-refractivity contribution is 0.0529. The number of amides is 1. The predicted molar refractivity (Wildman–Crippen MR) is 128 cm³/mol. The first kappa shape index (κ1) is 25.1. The van der Waals surface area contributed by atoms with E-state index in [1.54, 1.807) is 14.2 Å². The molecule has 1 aliphatic heterocycles. The average Bonchev–Trinajstić information content (AvgIpc) is 3.11. The van der Waals surface area contributed by atoms with Crippen LogP contribution < -0.4 is 25.6 Å². The minimum absolute atomic E-state index is 0. The highest BCUT2D eigenvalue weighted by molar-refractivity contribution is 14.0. The molecule has 0 radical (unpaired) electrons. The number of para-hydroxylation sites is 2. The zero-order chi connectivity index (χ0) is 20.6. The van der Waals surface area contributed by atoms with Gasteiger partial charge in [-0.15, -0.1) is 24.0 Å². The van der Waals surface area contributed by atoms with Crippen molar-refractivity contribution >= 4 is 41.7 Å². The summed E-state index contributed by atoms with van der Waals surface area (Å²) in [5, 5.41) is 9.38. The van der Waals surface area contributed by atoms with Crippen LogP contribution in [0.25, 0.3) is 0 Å². The molecule has 1 saturated heterocycles. The van der Waals surface area contributed by atoms with Gasteiger partial charge in [-0.2, -0.15) is 0 Å². The molecule has 1 unspecified atom stereocenters. The van der Waals surface area contributed by atoms with Crippen molar-refractivity contribution in [3.63, 3.8) is 0 Å². The number of ether oxygens (including phenoxy) is 2. The zero-order valence-electron chi connectivity index (χ0n) is 17.9. The summed E-state index contributed by atoms with van der Waals surface area (Å²) in [4.78, 5) is 18.2. The van der Waals surface area contributed by atoms with Crippen molar-refractivity contribution < 1.29 is 14.3 Å². The highest BCUT2D eigenvalue weighted by atomic mass is 127. The lowest BCUT2D eigenvalue weighted by atomic mass is 10.2. The summed E-state index contributed by atoms with van der Waals surface area (Å²) in [6, 6.07) is 8.35. The zero-order valence-corrected chi connectivity index (χ0v) is 20.3. The van der Waals surface area contributed by atoms with Gasteiger partial charge >= 0.3 is 6.09 Å². The highest BCUT2D eigenvalue weighted by Gasteiger charge is 2.25. The van der Waals surface area contributed by atoms with Gasteiger partial charge in [-0.1, -0.05) is 12.1 Å². The van der Waals surface area contributed by atoms with Crippen molar-refractivity contribution in [1.82, 2.24) is 16.0 Å². The normalized spacial score (nSPS) is 16.7. The van der Waals surface area contributed by atoms with E-state index in [0.717, 1.165) is 36.9 Å². The third-order valence-corrected chi connectivity index (χ3v) is 4.26. The molecular weight excluding hydrogens is 485 g/mol. The quantitative estimate of drug-likeness (QED) is 0.232. The van der Waals surface area contributed by atoms with E-state index in [1.807, 2.05) is 39.0 Å². The minimum Gasteiger partial charge on any atom is -0.495 e. The van der Waals surface area contributed by atoms with Crippen molar-refractivity contribution in [2.24, 2.45) is 4.99 Å². The summed E-state index contributed by atoms with van der Waals surface area (Å²) >= 11 is 0. The van der Waals surface area contributed by atoms with Crippen LogP contribution in [0.3, 0.4) is 0 Å². The Hall–Kier alpha value is -1.91. The Morgan fingerprint density at radius 3 is 2.59 bits per heavy atom. The van der Waals surface area contributed by atoms with Gasteiger partial charge in [-0.25, -0.2) is 4.79 Å². The molecule has 1 heterocycles. The molecule has 1 aromatic rings. The van der Waals surface area contributed by atoms with Gasteiger partial charge in [0, 0.05) is 39.3 Å². The molecule has 29 heavy (non-hydrogen) atoms. The van der Waals surface area contributed by atoms with Crippen molar-refractivity contribution in [1.29, 1.82) is 0 Å². The Kier molecular flexibility index (Phi) is 10.3. The molecule has 1 atom stereocenters. The third-order valence-electron chi connectivity index (χ3n) is 4.26. The Labute approximate surface area is 190 Å². The van der Waals surface area contributed by atoms with Crippen LogP contribution in [0.5, 0.6) is 5.75 Å². The number of rotatable bonds is 6. The number of hydrogen-bond donors (Lipinski definition) is 3. The molecule has 1 amide bonds. The molecule has 3 N–H and O–H groups in total. The number of carbonyl (C=O) groups is 1. The number of alkyl carbamates (subject to hydrolysis) is 1. The molecule has 0 saturated carbocycles. The van der Waals surface area contributed by atoms with Gasteiger partial charge in [-0.05, 0) is 39.3 Å². The number of methoxy groups -OCH3 is 1. The van der Waals surface area contributed by atoms with Crippen LogP contribution in [-0.2, 0) is 4.74 Å². The molecule has 8 nitrogen and oxygen atoms in total. The third kappa shape index (κ3) is 8.55. The number of halogens is 1. The van der Waals surface area contributed by atoms with Gasteiger partial charge in [0.05, 0.1) is 12.8 Å². The van der Waals surface area contributed by atoms with E-state index in [9.17, 15) is 4.79 Å². The van der Waals surface area contributed by atoms with Crippen molar-refractivity contribution in [3.8, 4) is 5.75 Å². The first-order valence-corrected chi connectivity index (χ1v) is 9.64. The number of nitrogens with one attached hydrogen (secondary N) is 3. The van der Waals surface area contributed by atoms with E-state index < -0.39 is 11.7 Å². The summed E-state index contributed by atoms with van der Waals surface area (Å²) in [7, 11) is 3.44. The number of aliphatic imine (C=N–C) groups is 1. The lowest BCUT2D eigenvalue weighted by Gasteiger charge is -2.22. The topological polar surface area (TPSA) is 87.2 Å². The SMILES string of the molecule is CN=C(NCCNC(=O)OC(C)(C)C)NC1CCN(c2ccccc2OC)C1.I. The molecule has 164 valence electrons. The Balaban J connectivity index is 0.00000420. The highest BCUT2D eigenvalue weighted by Crippen LogP contribution is 2.30. The molecule has 0 bridgehead atoms. The Morgan fingerprint density at radius 2 is 1.93 bits per heavy atom. The molecule has 1 fully saturated rings. The van der Waals surface area contributed by atoms with Crippen LogP contribution in [0, 0.1) is 0 Å². The number of anilines is 1. The predicted octanol–water partition coefficient (Wildman–Crippen LogP) is 2.58. The molecular formula is C20H34IN5O3. The number of carbonyl (C=O) groups excluding carboxylic acids is 1. The van der Waals surface area contributed by atoms with Crippen LogP contribution in [0.1, 0.15) is 27.2 Å². The second kappa shape index (κ2) is 11.9. The fraction of sp³-hybridized carbons (Fsp3) is 0.600. The smallest absolute Gasteiger partial charge is 0.407 e. The maximum Gasteiger partial charge on any atom is 0.407 e. The molecule has 0 aliphatic carbocycles. The average molecular weight is 519 g/mol. The molecule has 0 aromatic heterocycles. The van der Waals surface area contributed by atoms with Crippen LogP contribution >= 0.6 is 24.0 Å². The maximum atomic E-state index is 11.7. The second-order valence-electron chi connectivity index (χ2n) is 7.68. The van der Waals surface area contributed by atoms with Gasteiger partial charge < -0.3 is 30.3 Å². The van der Waals surface area contributed by atoms with Crippen molar-refractivity contribution in [2.45, 2.75) is 38.8 Å². The molecule has 1 aromatic carbocycles. The van der Waals surface area contributed by atoms with E-state index in [2.05, 4.69) is 31.9 Å². The van der Waals surface area contributed by atoms with Crippen molar-refractivity contribution in [3.05, 3.63) is 24.3 Å². The molecule has 1 aliphatic rings. The largest absolute Gasteiger partial charge is 0.495 e. The van der Waals surface area contributed by atoms with Gasteiger partial charge in [0.25, 0.3) is 0 Å². The van der Waals surface area contributed by atoms with Crippen LogP contribution in [0.15, 0.2) is 29.3 Å². The number of guanidine groups is 1.